The van der Waals surface area contributed by atoms with Gasteiger partial charge in [0.05, 0.1) is 17.2 Å². The van der Waals surface area contributed by atoms with Gasteiger partial charge in [0.25, 0.3) is 0 Å². The summed E-state index contributed by atoms with van der Waals surface area (Å²) in [5.41, 5.74) is -0.512. The van der Waals surface area contributed by atoms with Crippen LogP contribution in [0.25, 0.3) is 21.9 Å². The summed E-state index contributed by atoms with van der Waals surface area (Å²) in [6.07, 6.45) is 1.52. The summed E-state index contributed by atoms with van der Waals surface area (Å²) in [7, 11) is 1.50. The van der Waals surface area contributed by atoms with Gasteiger partial charge >= 0.3 is 11.6 Å². The third-order valence-corrected chi connectivity index (χ3v) is 4.70. The highest BCUT2D eigenvalue weighted by molar-refractivity contribution is 6.39. The first kappa shape index (κ1) is 18.3. The molecular formula is C20H11Cl2NO5. The molecule has 2 heterocycles. The number of hydrogen-bond acceptors (Lipinski definition) is 6. The van der Waals surface area contributed by atoms with Crippen LogP contribution in [0.5, 0.6) is 11.5 Å². The third kappa shape index (κ3) is 3.17. The minimum atomic E-state index is -0.914. The molecule has 0 aliphatic rings. The van der Waals surface area contributed by atoms with E-state index in [1.807, 2.05) is 0 Å². The Balaban J connectivity index is 1.78. The molecule has 0 bridgehead atoms. The van der Waals surface area contributed by atoms with Gasteiger partial charge < -0.3 is 13.9 Å². The molecule has 4 rings (SSSR count). The Morgan fingerprint density at radius 1 is 1.11 bits per heavy atom. The zero-order chi connectivity index (χ0) is 19.8. The Bertz CT molecular complexity index is 1300. The zero-order valence-corrected chi connectivity index (χ0v) is 15.9. The highest BCUT2D eigenvalue weighted by Gasteiger charge is 2.21. The van der Waals surface area contributed by atoms with Crippen LogP contribution in [0.3, 0.4) is 0 Å². The minimum Gasteiger partial charge on any atom is -0.497 e. The van der Waals surface area contributed by atoms with Crippen molar-refractivity contribution in [2.24, 2.45) is 0 Å². The molecule has 140 valence electrons. The Hall–Kier alpha value is -3.09. The highest BCUT2D eigenvalue weighted by atomic mass is 35.5. The molecule has 0 spiro atoms. The number of ether oxygens (including phenoxy) is 2. The van der Waals surface area contributed by atoms with Gasteiger partial charge in [-0.15, -0.1) is 0 Å². The first-order chi connectivity index (χ1) is 13.5. The van der Waals surface area contributed by atoms with Crippen molar-refractivity contribution in [1.82, 2.24) is 4.98 Å². The molecule has 6 nitrogen and oxygen atoms in total. The van der Waals surface area contributed by atoms with Crippen LogP contribution in [0, 0.1) is 0 Å². The number of methoxy groups -OCH3 is 1. The molecule has 28 heavy (non-hydrogen) atoms. The summed E-state index contributed by atoms with van der Waals surface area (Å²) in [5, 5.41) is 1.57. The number of pyridine rings is 1. The molecule has 0 aliphatic heterocycles. The normalized spacial score (nSPS) is 11.0. The van der Waals surface area contributed by atoms with Crippen molar-refractivity contribution in [3.63, 3.8) is 0 Å². The first-order valence-corrected chi connectivity index (χ1v) is 8.80. The highest BCUT2D eigenvalue weighted by Crippen LogP contribution is 2.37. The van der Waals surface area contributed by atoms with Crippen LogP contribution in [0.4, 0.5) is 0 Å². The Morgan fingerprint density at radius 3 is 2.71 bits per heavy atom. The number of rotatable bonds is 3. The quantitative estimate of drug-likeness (QED) is 0.269. The van der Waals surface area contributed by atoms with E-state index >= 15 is 0 Å². The summed E-state index contributed by atoms with van der Waals surface area (Å²) in [5.74, 6) is -0.375. The summed E-state index contributed by atoms with van der Waals surface area (Å²) in [6, 6.07) is 11.2. The van der Waals surface area contributed by atoms with Gasteiger partial charge in [0.1, 0.15) is 22.4 Å². The van der Waals surface area contributed by atoms with E-state index in [2.05, 4.69) is 4.98 Å². The fourth-order valence-corrected chi connectivity index (χ4v) is 3.31. The second-order valence-corrected chi connectivity index (χ2v) is 6.62. The minimum absolute atomic E-state index is 0.0147. The van der Waals surface area contributed by atoms with Crippen LogP contribution in [0.1, 0.15) is 10.4 Å². The van der Waals surface area contributed by atoms with Crippen molar-refractivity contribution in [1.29, 1.82) is 0 Å². The Kier molecular flexibility index (Phi) is 4.66. The second-order valence-electron chi connectivity index (χ2n) is 5.81. The standard InChI is InChI=1S/C20H11Cl2NO5/c1-26-11-5-4-10-7-13(19(24)27-16(10)8-11)20(25)28-18-15(22)9-14(21)12-3-2-6-23-17(12)18/h2-9H,1H3. The number of esters is 1. The van der Waals surface area contributed by atoms with Crippen molar-refractivity contribution in [2.75, 3.05) is 7.11 Å². The number of benzene rings is 2. The smallest absolute Gasteiger partial charge is 0.351 e. The van der Waals surface area contributed by atoms with Crippen molar-refractivity contribution in [3.8, 4) is 11.5 Å². The van der Waals surface area contributed by atoms with Gasteiger partial charge in [0.15, 0.2) is 5.75 Å². The van der Waals surface area contributed by atoms with Crippen LogP contribution in [0.2, 0.25) is 10.0 Å². The average Bonchev–Trinajstić information content (AvgIpc) is 2.70. The number of carbonyl (C=O) groups is 1. The lowest BCUT2D eigenvalue weighted by Crippen LogP contribution is -2.19. The van der Waals surface area contributed by atoms with Crippen LogP contribution < -0.4 is 15.1 Å². The van der Waals surface area contributed by atoms with E-state index in [9.17, 15) is 9.59 Å². The molecule has 8 heteroatoms. The predicted molar refractivity (Wildman–Crippen MR) is 106 cm³/mol. The van der Waals surface area contributed by atoms with Crippen LogP contribution in [-0.4, -0.2) is 18.1 Å². The maximum absolute atomic E-state index is 12.7. The summed E-state index contributed by atoms with van der Waals surface area (Å²) in [4.78, 5) is 29.1. The van der Waals surface area contributed by atoms with E-state index in [4.69, 9.17) is 37.1 Å². The monoisotopic (exact) mass is 415 g/mol. The van der Waals surface area contributed by atoms with Gasteiger partial charge in [-0.05, 0) is 36.4 Å². The Labute approximate surface area is 168 Å². The largest absolute Gasteiger partial charge is 0.497 e. The number of halogens is 2. The molecule has 0 fully saturated rings. The van der Waals surface area contributed by atoms with E-state index < -0.39 is 11.6 Å². The molecule has 0 amide bonds. The third-order valence-electron chi connectivity index (χ3n) is 4.11. The Morgan fingerprint density at radius 2 is 1.93 bits per heavy atom. The fourth-order valence-electron chi connectivity index (χ4n) is 2.75. The van der Waals surface area contributed by atoms with Gasteiger partial charge in [-0.2, -0.15) is 0 Å². The number of fused-ring (bicyclic) bond motifs is 2. The molecule has 2 aromatic heterocycles. The van der Waals surface area contributed by atoms with Crippen LogP contribution >= 0.6 is 23.2 Å². The molecule has 4 aromatic rings. The molecule has 0 saturated heterocycles. The molecule has 0 unspecified atom stereocenters. The predicted octanol–water partition coefficient (Wildman–Crippen LogP) is 4.88. The van der Waals surface area contributed by atoms with Gasteiger partial charge in [0, 0.05) is 23.0 Å². The van der Waals surface area contributed by atoms with E-state index in [0.717, 1.165) is 0 Å². The van der Waals surface area contributed by atoms with Crippen LogP contribution in [-0.2, 0) is 0 Å². The van der Waals surface area contributed by atoms with Gasteiger partial charge in [-0.25, -0.2) is 9.59 Å². The average molecular weight is 416 g/mol. The first-order valence-electron chi connectivity index (χ1n) is 8.04. The number of carbonyl (C=O) groups excluding carboxylic acids is 1. The fraction of sp³-hybridized carbons (Fsp3) is 0.0500. The summed E-state index contributed by atoms with van der Waals surface area (Å²) >= 11 is 12.4. The molecule has 0 N–H and O–H groups in total. The molecule has 0 radical (unpaired) electrons. The summed E-state index contributed by atoms with van der Waals surface area (Å²) in [6.45, 7) is 0. The second kappa shape index (κ2) is 7.14. The summed E-state index contributed by atoms with van der Waals surface area (Å²) < 4.78 is 15.7. The van der Waals surface area contributed by atoms with E-state index in [1.165, 1.54) is 25.4 Å². The topological polar surface area (TPSA) is 78.6 Å². The van der Waals surface area contributed by atoms with Gasteiger partial charge in [0.2, 0.25) is 0 Å². The SMILES string of the molecule is COc1ccc2cc(C(=O)Oc3c(Cl)cc(Cl)c4cccnc34)c(=O)oc2c1. The van der Waals surface area contributed by atoms with E-state index in [-0.39, 0.29) is 21.9 Å². The lowest BCUT2D eigenvalue weighted by molar-refractivity contribution is 0.0732. The molecule has 0 atom stereocenters. The van der Waals surface area contributed by atoms with Crippen molar-refractivity contribution >= 4 is 51.0 Å². The van der Waals surface area contributed by atoms with E-state index in [1.54, 1.807) is 30.3 Å². The molecule has 2 aromatic carbocycles. The molecule has 0 aliphatic carbocycles. The van der Waals surface area contributed by atoms with Crippen molar-refractivity contribution in [3.05, 3.63) is 74.7 Å². The van der Waals surface area contributed by atoms with E-state index in [0.29, 0.717) is 27.1 Å². The maximum Gasteiger partial charge on any atom is 0.351 e. The maximum atomic E-state index is 12.7. The van der Waals surface area contributed by atoms with Gasteiger partial charge in [-0.3, -0.25) is 4.98 Å². The molecule has 0 saturated carbocycles. The zero-order valence-electron chi connectivity index (χ0n) is 14.4. The van der Waals surface area contributed by atoms with Crippen LogP contribution in [0.15, 0.2) is 57.9 Å². The number of nitrogens with zero attached hydrogens (tertiary/aromatic N) is 1. The van der Waals surface area contributed by atoms with Gasteiger partial charge in [-0.1, -0.05) is 23.2 Å². The van der Waals surface area contributed by atoms with Crippen molar-refractivity contribution in [2.45, 2.75) is 0 Å². The lowest BCUT2D eigenvalue weighted by atomic mass is 10.1. The molecular weight excluding hydrogens is 405 g/mol. The lowest BCUT2D eigenvalue weighted by Gasteiger charge is -2.10. The number of hydrogen-bond donors (Lipinski definition) is 0. The number of aromatic nitrogens is 1. The van der Waals surface area contributed by atoms with Crippen molar-refractivity contribution < 1.29 is 18.7 Å².